The maximum absolute atomic E-state index is 12.3. The Bertz CT molecular complexity index is 681. The molecule has 1 aromatic carbocycles. The molecule has 2 heterocycles. The zero-order chi connectivity index (χ0) is 14.3. The lowest BCUT2D eigenvalue weighted by molar-refractivity contribution is -0.115. The second-order valence-electron chi connectivity index (χ2n) is 4.62. The molecular formula is C14H13Cl2N3O. The molecule has 6 heteroatoms. The summed E-state index contributed by atoms with van der Waals surface area (Å²) >= 11 is 12.1. The average molecular weight is 310 g/mol. The van der Waals surface area contributed by atoms with Crippen LogP contribution < -0.4 is 10.2 Å². The van der Waals surface area contributed by atoms with Crippen LogP contribution in [0.25, 0.3) is 0 Å². The number of nitrogens with one attached hydrogen (secondary N) is 1. The van der Waals surface area contributed by atoms with Gasteiger partial charge < -0.3 is 9.88 Å². The number of nitrogens with zero attached hydrogens (tertiary/aromatic N) is 2. The summed E-state index contributed by atoms with van der Waals surface area (Å²) in [6.45, 7) is 0.599. The minimum absolute atomic E-state index is 0.0982. The third kappa shape index (κ3) is 1.96. The van der Waals surface area contributed by atoms with Crippen molar-refractivity contribution in [1.29, 1.82) is 0 Å². The Hall–Kier alpha value is -1.65. The van der Waals surface area contributed by atoms with E-state index in [1.54, 1.807) is 11.1 Å². The standard InChI is InChI=1S/C14H13Cl2N3O/c1-18-8-9(16)14-12(18)7-17-10-4-2-3-5-11(10)19(14)13(20)6-15/h2-5,8,17H,6-7H2,1H3. The van der Waals surface area contributed by atoms with Crippen LogP contribution in [0.15, 0.2) is 30.5 Å². The predicted octanol–water partition coefficient (Wildman–Crippen LogP) is 3.51. The van der Waals surface area contributed by atoms with Gasteiger partial charge in [-0.25, -0.2) is 0 Å². The molecule has 0 spiro atoms. The minimum Gasteiger partial charge on any atom is -0.378 e. The SMILES string of the molecule is Cn1cc(Cl)c2c1CNc1ccccc1N2C(=O)CCl. The highest BCUT2D eigenvalue weighted by Crippen LogP contribution is 2.42. The summed E-state index contributed by atoms with van der Waals surface area (Å²) in [5.74, 6) is -0.295. The summed E-state index contributed by atoms with van der Waals surface area (Å²) in [6, 6.07) is 7.62. The van der Waals surface area contributed by atoms with Crippen LogP contribution in [0.5, 0.6) is 0 Å². The minimum atomic E-state index is -0.197. The van der Waals surface area contributed by atoms with E-state index in [2.05, 4.69) is 5.32 Å². The van der Waals surface area contributed by atoms with E-state index < -0.39 is 0 Å². The first-order valence-electron chi connectivity index (χ1n) is 6.19. The topological polar surface area (TPSA) is 37.3 Å². The van der Waals surface area contributed by atoms with Gasteiger partial charge in [0.15, 0.2) is 0 Å². The number of para-hydroxylation sites is 2. The highest BCUT2D eigenvalue weighted by molar-refractivity contribution is 6.36. The fourth-order valence-corrected chi connectivity index (χ4v) is 2.95. The number of hydrogen-bond acceptors (Lipinski definition) is 2. The summed E-state index contributed by atoms with van der Waals surface area (Å²) in [4.78, 5) is 13.9. The first-order valence-corrected chi connectivity index (χ1v) is 7.10. The number of hydrogen-bond donors (Lipinski definition) is 1. The molecule has 0 radical (unpaired) electrons. The van der Waals surface area contributed by atoms with E-state index in [0.29, 0.717) is 17.3 Å². The van der Waals surface area contributed by atoms with Crippen molar-refractivity contribution in [2.24, 2.45) is 7.05 Å². The molecule has 2 aromatic rings. The van der Waals surface area contributed by atoms with Gasteiger partial charge in [0, 0.05) is 13.2 Å². The molecule has 1 aliphatic rings. The van der Waals surface area contributed by atoms with Gasteiger partial charge in [-0.3, -0.25) is 9.69 Å². The first-order chi connectivity index (χ1) is 9.63. The fourth-order valence-electron chi connectivity index (χ4n) is 2.49. The molecule has 0 saturated heterocycles. The molecule has 1 N–H and O–H groups in total. The number of carbonyl (C=O) groups excluding carboxylic acids is 1. The number of halogens is 2. The molecule has 0 unspecified atom stereocenters. The number of aromatic nitrogens is 1. The normalized spacial score (nSPS) is 13.2. The van der Waals surface area contributed by atoms with Gasteiger partial charge in [-0.15, -0.1) is 11.6 Å². The molecule has 4 nitrogen and oxygen atoms in total. The van der Waals surface area contributed by atoms with E-state index in [4.69, 9.17) is 23.2 Å². The third-order valence-corrected chi connectivity index (χ3v) is 3.92. The van der Waals surface area contributed by atoms with Crippen molar-refractivity contribution in [2.75, 3.05) is 16.1 Å². The van der Waals surface area contributed by atoms with Crippen LogP contribution in [-0.2, 0) is 18.4 Å². The lowest BCUT2D eigenvalue weighted by Crippen LogP contribution is -2.27. The van der Waals surface area contributed by atoms with Crippen molar-refractivity contribution >= 4 is 46.2 Å². The molecule has 0 atom stereocenters. The maximum Gasteiger partial charge on any atom is 0.246 e. The quantitative estimate of drug-likeness (QED) is 0.819. The second-order valence-corrected chi connectivity index (χ2v) is 5.29. The molecule has 0 aliphatic carbocycles. The van der Waals surface area contributed by atoms with Gasteiger partial charge >= 0.3 is 0 Å². The van der Waals surface area contributed by atoms with Crippen LogP contribution in [0.4, 0.5) is 17.1 Å². The molecule has 1 amide bonds. The summed E-state index contributed by atoms with van der Waals surface area (Å²) < 4.78 is 1.92. The van der Waals surface area contributed by atoms with E-state index in [-0.39, 0.29) is 11.8 Å². The molecule has 104 valence electrons. The summed E-state index contributed by atoms with van der Waals surface area (Å²) in [5.41, 5.74) is 3.31. The first kappa shape index (κ1) is 13.3. The Kier molecular flexibility index (Phi) is 3.36. The van der Waals surface area contributed by atoms with Crippen LogP contribution >= 0.6 is 23.2 Å². The molecule has 0 saturated carbocycles. The Morgan fingerprint density at radius 2 is 2.15 bits per heavy atom. The Balaban J connectivity index is 2.27. The molecule has 0 fully saturated rings. The zero-order valence-corrected chi connectivity index (χ0v) is 12.4. The molecule has 20 heavy (non-hydrogen) atoms. The van der Waals surface area contributed by atoms with Gasteiger partial charge in [0.25, 0.3) is 0 Å². The smallest absolute Gasteiger partial charge is 0.246 e. The highest BCUT2D eigenvalue weighted by atomic mass is 35.5. The number of aryl methyl sites for hydroxylation is 1. The Morgan fingerprint density at radius 1 is 1.40 bits per heavy atom. The number of fused-ring (bicyclic) bond motifs is 2. The maximum atomic E-state index is 12.3. The largest absolute Gasteiger partial charge is 0.378 e. The number of alkyl halides is 1. The van der Waals surface area contributed by atoms with Gasteiger partial charge in [-0.05, 0) is 12.1 Å². The van der Waals surface area contributed by atoms with E-state index >= 15 is 0 Å². The highest BCUT2D eigenvalue weighted by Gasteiger charge is 2.29. The van der Waals surface area contributed by atoms with Crippen LogP contribution in [0.1, 0.15) is 5.69 Å². The Morgan fingerprint density at radius 3 is 2.90 bits per heavy atom. The van der Waals surface area contributed by atoms with Gasteiger partial charge in [0.1, 0.15) is 5.88 Å². The lowest BCUT2D eigenvalue weighted by atomic mass is 10.2. The summed E-state index contributed by atoms with van der Waals surface area (Å²) in [5, 5.41) is 3.87. The lowest BCUT2D eigenvalue weighted by Gasteiger charge is -2.22. The molecule has 0 bridgehead atoms. The zero-order valence-electron chi connectivity index (χ0n) is 10.9. The molecule has 1 aliphatic heterocycles. The average Bonchev–Trinajstić information content (AvgIpc) is 2.64. The van der Waals surface area contributed by atoms with Crippen LogP contribution in [0.3, 0.4) is 0 Å². The van der Waals surface area contributed by atoms with Crippen molar-refractivity contribution in [2.45, 2.75) is 6.54 Å². The number of anilines is 3. The molecular weight excluding hydrogens is 297 g/mol. The van der Waals surface area contributed by atoms with E-state index in [0.717, 1.165) is 17.1 Å². The van der Waals surface area contributed by atoms with Gasteiger partial charge in [0.2, 0.25) is 5.91 Å². The number of rotatable bonds is 1. The second kappa shape index (κ2) is 5.04. The number of benzene rings is 1. The van der Waals surface area contributed by atoms with E-state index in [1.807, 2.05) is 35.9 Å². The van der Waals surface area contributed by atoms with Crippen LogP contribution in [0.2, 0.25) is 5.02 Å². The molecule has 1 aromatic heterocycles. The Labute approximate surface area is 126 Å². The fraction of sp³-hybridized carbons (Fsp3) is 0.214. The number of amides is 1. The summed E-state index contributed by atoms with van der Waals surface area (Å²) in [7, 11) is 1.91. The van der Waals surface area contributed by atoms with Gasteiger partial charge in [-0.1, -0.05) is 23.7 Å². The van der Waals surface area contributed by atoms with Crippen LogP contribution in [-0.4, -0.2) is 16.4 Å². The van der Waals surface area contributed by atoms with Crippen molar-refractivity contribution in [3.05, 3.63) is 41.2 Å². The van der Waals surface area contributed by atoms with Crippen molar-refractivity contribution in [3.8, 4) is 0 Å². The molecule has 3 rings (SSSR count). The number of carbonyl (C=O) groups is 1. The third-order valence-electron chi connectivity index (χ3n) is 3.41. The summed E-state index contributed by atoms with van der Waals surface area (Å²) in [6.07, 6.45) is 1.80. The van der Waals surface area contributed by atoms with Crippen molar-refractivity contribution in [3.63, 3.8) is 0 Å². The monoisotopic (exact) mass is 309 g/mol. The van der Waals surface area contributed by atoms with E-state index in [9.17, 15) is 4.79 Å². The van der Waals surface area contributed by atoms with E-state index in [1.165, 1.54) is 0 Å². The van der Waals surface area contributed by atoms with Crippen LogP contribution in [0, 0.1) is 0 Å². The van der Waals surface area contributed by atoms with Crippen molar-refractivity contribution in [1.82, 2.24) is 4.57 Å². The van der Waals surface area contributed by atoms with Gasteiger partial charge in [0.05, 0.1) is 34.3 Å². The van der Waals surface area contributed by atoms with Gasteiger partial charge in [-0.2, -0.15) is 0 Å². The van der Waals surface area contributed by atoms with Crippen molar-refractivity contribution < 1.29 is 4.79 Å². The predicted molar refractivity (Wildman–Crippen MR) is 82.1 cm³/mol.